The van der Waals surface area contributed by atoms with Crippen LogP contribution in [0, 0.1) is 3.57 Å². The van der Waals surface area contributed by atoms with Crippen molar-refractivity contribution in [1.82, 2.24) is 0 Å². The number of rotatable bonds is 0. The zero-order chi connectivity index (χ0) is 12.9. The van der Waals surface area contributed by atoms with Crippen LogP contribution in [0.25, 0.3) is 0 Å². The Morgan fingerprint density at radius 2 is 1.44 bits per heavy atom. The summed E-state index contributed by atoms with van der Waals surface area (Å²) in [6.45, 7) is 0. The topological polar surface area (TPSA) is 34.1 Å². The lowest BCUT2D eigenvalue weighted by Crippen LogP contribution is -2.21. The predicted molar refractivity (Wildman–Crippen MR) is 77.5 cm³/mol. The molecule has 1 aliphatic rings. The first-order chi connectivity index (χ1) is 8.61. The summed E-state index contributed by atoms with van der Waals surface area (Å²) < 4.78 is 0.772. The molecule has 0 saturated heterocycles. The maximum Gasteiger partial charge on any atom is 0.196 e. The fraction of sp³-hybridized carbons (Fsp3) is 0. The van der Waals surface area contributed by atoms with E-state index >= 15 is 0 Å². The zero-order valence-electron chi connectivity index (χ0n) is 9.04. The van der Waals surface area contributed by atoms with Crippen molar-refractivity contribution < 1.29 is 9.59 Å². The highest BCUT2D eigenvalue weighted by Crippen LogP contribution is 2.34. The number of benzene rings is 2. The number of fused-ring (bicyclic) bond motifs is 2. The fourth-order valence-electron chi connectivity index (χ4n) is 2.12. The molecule has 18 heavy (non-hydrogen) atoms. The van der Waals surface area contributed by atoms with Crippen LogP contribution < -0.4 is 0 Å². The van der Waals surface area contributed by atoms with Crippen LogP contribution >= 0.6 is 34.2 Å². The molecule has 0 bridgehead atoms. The average molecular weight is 369 g/mol. The molecule has 2 nitrogen and oxygen atoms in total. The van der Waals surface area contributed by atoms with Crippen molar-refractivity contribution in [3.63, 3.8) is 0 Å². The van der Waals surface area contributed by atoms with Gasteiger partial charge in [0.2, 0.25) is 0 Å². The lowest BCUT2D eigenvalue weighted by atomic mass is 9.84. The molecule has 2 aromatic rings. The molecule has 0 aliphatic heterocycles. The molecule has 0 amide bonds. The Morgan fingerprint density at radius 3 is 2.11 bits per heavy atom. The van der Waals surface area contributed by atoms with Crippen LogP contribution in [0.5, 0.6) is 0 Å². The highest BCUT2D eigenvalue weighted by Gasteiger charge is 2.31. The van der Waals surface area contributed by atoms with Gasteiger partial charge in [0.1, 0.15) is 0 Å². The van der Waals surface area contributed by atoms with E-state index in [1.54, 1.807) is 36.4 Å². The van der Waals surface area contributed by atoms with Crippen LogP contribution in [0.1, 0.15) is 31.8 Å². The predicted octanol–water partition coefficient (Wildman–Crippen LogP) is 3.72. The van der Waals surface area contributed by atoms with Crippen molar-refractivity contribution in [2.45, 2.75) is 0 Å². The summed E-state index contributed by atoms with van der Waals surface area (Å²) in [6, 6.07) is 10.2. The van der Waals surface area contributed by atoms with Gasteiger partial charge in [-0.25, -0.2) is 0 Å². The summed E-state index contributed by atoms with van der Waals surface area (Å²) in [4.78, 5) is 24.7. The van der Waals surface area contributed by atoms with Crippen molar-refractivity contribution in [2.75, 3.05) is 0 Å². The molecule has 0 saturated carbocycles. The van der Waals surface area contributed by atoms with Crippen molar-refractivity contribution in [1.29, 1.82) is 0 Å². The van der Waals surface area contributed by atoms with Crippen molar-refractivity contribution in [3.05, 3.63) is 67.2 Å². The molecular formula is C14H6ClIO2. The number of ketones is 2. The third kappa shape index (κ3) is 1.54. The quantitative estimate of drug-likeness (QED) is 0.567. The molecule has 0 atom stereocenters. The first-order valence-electron chi connectivity index (χ1n) is 5.27. The normalized spacial score (nSPS) is 13.2. The molecule has 0 aromatic heterocycles. The molecule has 0 unspecified atom stereocenters. The van der Waals surface area contributed by atoms with Gasteiger partial charge in [0.15, 0.2) is 11.6 Å². The van der Waals surface area contributed by atoms with E-state index in [1.807, 2.05) is 0 Å². The van der Waals surface area contributed by atoms with Gasteiger partial charge >= 0.3 is 0 Å². The molecule has 1 aliphatic carbocycles. The van der Waals surface area contributed by atoms with Gasteiger partial charge in [0, 0.05) is 20.3 Å². The van der Waals surface area contributed by atoms with Gasteiger partial charge in [0.05, 0.1) is 10.6 Å². The molecule has 88 valence electrons. The maximum absolute atomic E-state index is 12.4. The molecule has 2 aromatic carbocycles. The third-order valence-corrected chi connectivity index (χ3v) is 4.59. The zero-order valence-corrected chi connectivity index (χ0v) is 11.9. The molecule has 0 spiro atoms. The summed E-state index contributed by atoms with van der Waals surface area (Å²) in [5, 5.41) is 0.362. The van der Waals surface area contributed by atoms with E-state index in [0.29, 0.717) is 27.3 Å². The Labute approximate surface area is 122 Å². The van der Waals surface area contributed by atoms with Crippen molar-refractivity contribution in [3.8, 4) is 0 Å². The number of hydrogen-bond donors (Lipinski definition) is 0. The summed E-state index contributed by atoms with van der Waals surface area (Å²) in [7, 11) is 0. The van der Waals surface area contributed by atoms with Gasteiger partial charge in [-0.15, -0.1) is 0 Å². The summed E-state index contributed by atoms with van der Waals surface area (Å²) in [6.07, 6.45) is 0. The molecule has 0 radical (unpaired) electrons. The number of hydrogen-bond acceptors (Lipinski definition) is 2. The number of carbonyl (C=O) groups excluding carboxylic acids is 2. The first kappa shape index (κ1) is 11.9. The Bertz CT molecular complexity index is 707. The van der Waals surface area contributed by atoms with Crippen molar-refractivity contribution in [2.24, 2.45) is 0 Å². The molecule has 0 fully saturated rings. The van der Waals surface area contributed by atoms with Crippen LogP contribution in [-0.4, -0.2) is 11.6 Å². The Kier molecular flexibility index (Phi) is 2.75. The molecule has 4 heteroatoms. The Morgan fingerprint density at radius 1 is 0.833 bits per heavy atom. The van der Waals surface area contributed by atoms with Crippen LogP contribution in [0.3, 0.4) is 0 Å². The molecule has 0 heterocycles. The van der Waals surface area contributed by atoms with E-state index < -0.39 is 0 Å². The number of halogens is 2. The number of carbonyl (C=O) groups is 2. The Hall–Kier alpha value is -1.20. The van der Waals surface area contributed by atoms with Crippen LogP contribution in [-0.2, 0) is 0 Å². The lowest BCUT2D eigenvalue weighted by Gasteiger charge is -2.18. The summed E-state index contributed by atoms with van der Waals surface area (Å²) in [5.41, 5.74) is 1.60. The monoisotopic (exact) mass is 368 g/mol. The van der Waals surface area contributed by atoms with E-state index in [2.05, 4.69) is 22.6 Å². The van der Waals surface area contributed by atoms with E-state index in [4.69, 9.17) is 11.6 Å². The molecule has 3 rings (SSSR count). The van der Waals surface area contributed by atoms with Gasteiger partial charge in [-0.3, -0.25) is 9.59 Å². The largest absolute Gasteiger partial charge is 0.289 e. The van der Waals surface area contributed by atoms with Gasteiger partial charge in [-0.1, -0.05) is 35.9 Å². The SMILES string of the molecule is O=C1c2ccccc2C(=O)c2c1ccc(I)c2Cl. The summed E-state index contributed by atoms with van der Waals surface area (Å²) >= 11 is 8.21. The van der Waals surface area contributed by atoms with Crippen LogP contribution in [0.15, 0.2) is 36.4 Å². The second-order valence-electron chi connectivity index (χ2n) is 3.99. The maximum atomic E-state index is 12.4. The minimum absolute atomic E-state index is 0.140. The smallest absolute Gasteiger partial charge is 0.196 e. The standard InChI is InChI=1S/C14H6ClIO2/c15-12-10(16)6-5-9-11(12)14(18)8-4-2-1-3-7(8)13(9)17/h1-6H. The Balaban J connectivity index is 2.38. The third-order valence-electron chi connectivity index (χ3n) is 2.98. The highest BCUT2D eigenvalue weighted by molar-refractivity contribution is 14.1. The minimum atomic E-state index is -0.177. The highest BCUT2D eigenvalue weighted by atomic mass is 127. The molecular weight excluding hydrogens is 363 g/mol. The lowest BCUT2D eigenvalue weighted by molar-refractivity contribution is 0.0979. The second-order valence-corrected chi connectivity index (χ2v) is 5.53. The molecule has 0 N–H and O–H groups in total. The van der Waals surface area contributed by atoms with Gasteiger partial charge < -0.3 is 0 Å². The summed E-state index contributed by atoms with van der Waals surface area (Å²) in [5.74, 6) is -0.317. The van der Waals surface area contributed by atoms with Crippen LogP contribution in [0.2, 0.25) is 5.02 Å². The first-order valence-corrected chi connectivity index (χ1v) is 6.73. The second kappa shape index (κ2) is 4.17. The van der Waals surface area contributed by atoms with Crippen LogP contribution in [0.4, 0.5) is 0 Å². The van der Waals surface area contributed by atoms with Gasteiger partial charge in [-0.05, 0) is 34.7 Å². The fourth-order valence-corrected chi connectivity index (χ4v) is 2.82. The van der Waals surface area contributed by atoms with E-state index in [0.717, 1.165) is 3.57 Å². The average Bonchev–Trinajstić information content (AvgIpc) is 2.39. The van der Waals surface area contributed by atoms with Crippen molar-refractivity contribution >= 4 is 45.8 Å². The van der Waals surface area contributed by atoms with Gasteiger partial charge in [-0.2, -0.15) is 0 Å². The van der Waals surface area contributed by atoms with E-state index in [1.165, 1.54) is 0 Å². The van der Waals surface area contributed by atoms with Gasteiger partial charge in [0.25, 0.3) is 0 Å². The minimum Gasteiger partial charge on any atom is -0.289 e. The van der Waals surface area contributed by atoms with E-state index in [9.17, 15) is 9.59 Å². The van der Waals surface area contributed by atoms with E-state index in [-0.39, 0.29) is 11.6 Å².